The Hall–Kier alpha value is -0.820. The normalized spacial score (nSPS) is 13.3. The van der Waals surface area contributed by atoms with Crippen LogP contribution in [0.2, 0.25) is 0 Å². The summed E-state index contributed by atoms with van der Waals surface area (Å²) >= 11 is 1.19. The Morgan fingerprint density at radius 2 is 2.42 bits per heavy atom. The van der Waals surface area contributed by atoms with Gasteiger partial charge in [0.15, 0.2) is 0 Å². The van der Waals surface area contributed by atoms with Crippen LogP contribution in [0.5, 0.6) is 0 Å². The minimum Gasteiger partial charge on any atom is -0.385 e. The largest absolute Gasteiger partial charge is 0.385 e. The lowest BCUT2D eigenvalue weighted by atomic mass is 10.4. The first-order chi connectivity index (χ1) is 5.70. The van der Waals surface area contributed by atoms with E-state index in [4.69, 9.17) is 5.11 Å². The minimum absolute atomic E-state index is 0.215. The second-order valence-corrected chi connectivity index (χ2v) is 2.86. The predicted molar refractivity (Wildman–Crippen MR) is 40.4 cm³/mol. The van der Waals surface area contributed by atoms with Crippen molar-refractivity contribution in [2.45, 2.75) is 12.5 Å². The van der Waals surface area contributed by atoms with E-state index in [9.17, 15) is 8.78 Å². The molecule has 0 aliphatic rings. The third kappa shape index (κ3) is 2.67. The second-order valence-electron chi connectivity index (χ2n) is 2.03. The van der Waals surface area contributed by atoms with Gasteiger partial charge in [-0.15, -0.1) is 10.2 Å². The first kappa shape index (κ1) is 9.27. The number of rotatable bonds is 4. The molecule has 0 fully saturated rings. The minimum atomic E-state index is -2.73. The molecule has 0 aliphatic carbocycles. The fourth-order valence-electron chi connectivity index (χ4n) is 0.531. The zero-order valence-electron chi connectivity index (χ0n) is 5.94. The molecule has 1 heterocycles. The fraction of sp³-hybridized carbons (Fsp3) is 0.600. The molecule has 12 heavy (non-hydrogen) atoms. The van der Waals surface area contributed by atoms with Crippen LogP contribution in [0.4, 0.5) is 13.9 Å². The van der Waals surface area contributed by atoms with E-state index in [1.807, 2.05) is 0 Å². The van der Waals surface area contributed by atoms with E-state index >= 15 is 0 Å². The van der Waals surface area contributed by atoms with E-state index < -0.39 is 12.5 Å². The van der Waals surface area contributed by atoms with Crippen LogP contribution in [0.15, 0.2) is 5.51 Å². The fourth-order valence-corrected chi connectivity index (χ4v) is 0.986. The van der Waals surface area contributed by atoms with Crippen LogP contribution in [0.3, 0.4) is 0 Å². The maximum absolute atomic E-state index is 11.7. The molecule has 0 spiro atoms. The smallest absolute Gasteiger partial charge is 0.265 e. The number of aromatic nitrogens is 2. The molecule has 0 aliphatic heterocycles. The Morgan fingerprint density at radius 1 is 1.67 bits per heavy atom. The van der Waals surface area contributed by atoms with Gasteiger partial charge in [0.1, 0.15) is 11.6 Å². The SMILES string of the molecule is OC(CNc1nncs1)C(F)F. The van der Waals surface area contributed by atoms with Crippen LogP contribution >= 0.6 is 11.3 Å². The molecule has 7 heteroatoms. The summed E-state index contributed by atoms with van der Waals surface area (Å²) in [6.07, 6.45) is -4.39. The van der Waals surface area contributed by atoms with Crippen molar-refractivity contribution in [2.75, 3.05) is 11.9 Å². The number of hydrogen-bond donors (Lipinski definition) is 2. The third-order valence-electron chi connectivity index (χ3n) is 1.11. The van der Waals surface area contributed by atoms with E-state index in [0.29, 0.717) is 5.13 Å². The summed E-state index contributed by atoms with van der Waals surface area (Å²) in [6, 6.07) is 0. The number of aliphatic hydroxyl groups is 1. The molecule has 0 saturated heterocycles. The van der Waals surface area contributed by atoms with Gasteiger partial charge < -0.3 is 10.4 Å². The van der Waals surface area contributed by atoms with Gasteiger partial charge in [-0.1, -0.05) is 11.3 Å². The molecule has 0 radical (unpaired) electrons. The number of nitrogens with zero attached hydrogens (tertiary/aromatic N) is 2. The zero-order chi connectivity index (χ0) is 8.97. The first-order valence-electron chi connectivity index (χ1n) is 3.16. The molecular weight excluding hydrogens is 188 g/mol. The number of aliphatic hydroxyl groups excluding tert-OH is 1. The number of hydrogen-bond acceptors (Lipinski definition) is 5. The van der Waals surface area contributed by atoms with Crippen LogP contribution in [0.1, 0.15) is 0 Å². The maximum Gasteiger partial charge on any atom is 0.265 e. The Kier molecular flexibility index (Phi) is 3.30. The van der Waals surface area contributed by atoms with Crippen LogP contribution in [-0.4, -0.2) is 34.4 Å². The number of anilines is 1. The molecule has 1 aromatic heterocycles. The third-order valence-corrected chi connectivity index (χ3v) is 1.76. The molecule has 1 unspecified atom stereocenters. The Morgan fingerprint density at radius 3 is 2.92 bits per heavy atom. The average molecular weight is 195 g/mol. The summed E-state index contributed by atoms with van der Waals surface area (Å²) in [6.45, 7) is -0.215. The van der Waals surface area contributed by atoms with Gasteiger partial charge in [-0.2, -0.15) is 0 Å². The van der Waals surface area contributed by atoms with Crippen LogP contribution < -0.4 is 5.32 Å². The van der Waals surface area contributed by atoms with Gasteiger partial charge in [0.25, 0.3) is 6.43 Å². The van der Waals surface area contributed by atoms with Crippen molar-refractivity contribution in [1.82, 2.24) is 10.2 Å². The molecule has 4 nitrogen and oxygen atoms in total. The summed E-state index contributed by atoms with van der Waals surface area (Å²) in [4.78, 5) is 0. The van der Waals surface area contributed by atoms with Gasteiger partial charge in [-0.05, 0) is 0 Å². The highest BCUT2D eigenvalue weighted by molar-refractivity contribution is 7.13. The van der Waals surface area contributed by atoms with Crippen LogP contribution in [-0.2, 0) is 0 Å². The van der Waals surface area contributed by atoms with Gasteiger partial charge in [0.05, 0.1) is 0 Å². The van der Waals surface area contributed by atoms with Crippen molar-refractivity contribution in [1.29, 1.82) is 0 Å². The Balaban J connectivity index is 2.27. The molecular formula is C5H7F2N3OS. The van der Waals surface area contributed by atoms with Crippen molar-refractivity contribution < 1.29 is 13.9 Å². The van der Waals surface area contributed by atoms with E-state index in [-0.39, 0.29) is 6.54 Å². The lowest BCUT2D eigenvalue weighted by Gasteiger charge is -2.08. The average Bonchev–Trinajstić information content (AvgIpc) is 2.51. The van der Waals surface area contributed by atoms with E-state index in [1.165, 1.54) is 16.8 Å². The Labute approximate surface area is 71.2 Å². The lowest BCUT2D eigenvalue weighted by molar-refractivity contribution is 0.00384. The molecule has 1 atom stereocenters. The molecule has 0 bridgehead atoms. The topological polar surface area (TPSA) is 58.0 Å². The highest BCUT2D eigenvalue weighted by Gasteiger charge is 2.16. The van der Waals surface area contributed by atoms with Gasteiger partial charge in [-0.25, -0.2) is 8.78 Å². The highest BCUT2D eigenvalue weighted by atomic mass is 32.1. The monoisotopic (exact) mass is 195 g/mol. The predicted octanol–water partition coefficient (Wildman–Crippen LogP) is 0.576. The van der Waals surface area contributed by atoms with Gasteiger partial charge in [0.2, 0.25) is 5.13 Å². The maximum atomic E-state index is 11.7. The highest BCUT2D eigenvalue weighted by Crippen LogP contribution is 2.08. The molecule has 0 amide bonds. The Bertz CT molecular complexity index is 218. The van der Waals surface area contributed by atoms with Crippen molar-refractivity contribution in [3.8, 4) is 0 Å². The summed E-state index contributed by atoms with van der Waals surface area (Å²) in [7, 11) is 0. The van der Waals surface area contributed by atoms with Gasteiger partial charge in [0, 0.05) is 6.54 Å². The van der Waals surface area contributed by atoms with Crippen LogP contribution in [0, 0.1) is 0 Å². The van der Waals surface area contributed by atoms with Gasteiger partial charge in [-0.3, -0.25) is 0 Å². The number of halogens is 2. The molecule has 68 valence electrons. The van der Waals surface area contributed by atoms with Crippen molar-refractivity contribution in [3.05, 3.63) is 5.51 Å². The summed E-state index contributed by atoms with van der Waals surface area (Å²) in [5.74, 6) is 0. The molecule has 0 aromatic carbocycles. The van der Waals surface area contributed by atoms with Gasteiger partial charge >= 0.3 is 0 Å². The summed E-state index contributed by atoms with van der Waals surface area (Å²) in [5.41, 5.74) is 1.47. The summed E-state index contributed by atoms with van der Waals surface area (Å²) < 4.78 is 23.5. The van der Waals surface area contributed by atoms with E-state index in [1.54, 1.807) is 0 Å². The van der Waals surface area contributed by atoms with Crippen LogP contribution in [0.25, 0.3) is 0 Å². The molecule has 1 rings (SSSR count). The lowest BCUT2D eigenvalue weighted by Crippen LogP contribution is -2.26. The molecule has 2 N–H and O–H groups in total. The second kappa shape index (κ2) is 4.27. The van der Waals surface area contributed by atoms with Crippen molar-refractivity contribution in [3.63, 3.8) is 0 Å². The molecule has 1 aromatic rings. The zero-order valence-corrected chi connectivity index (χ0v) is 6.76. The number of nitrogens with one attached hydrogen (secondary N) is 1. The summed E-state index contributed by atoms with van der Waals surface area (Å²) in [5, 5.41) is 18.6. The van der Waals surface area contributed by atoms with Crippen molar-refractivity contribution >= 4 is 16.5 Å². The quantitative estimate of drug-likeness (QED) is 0.737. The molecule has 0 saturated carbocycles. The first-order valence-corrected chi connectivity index (χ1v) is 4.04. The van der Waals surface area contributed by atoms with E-state index in [0.717, 1.165) is 0 Å². The van der Waals surface area contributed by atoms with Crippen molar-refractivity contribution in [2.24, 2.45) is 0 Å². The standard InChI is InChI=1S/C5H7F2N3OS/c6-4(7)3(11)1-8-5-10-9-2-12-5/h2-4,11H,1H2,(H,8,10). The van der Waals surface area contributed by atoms with E-state index in [2.05, 4.69) is 15.5 Å². The number of alkyl halides is 2.